The van der Waals surface area contributed by atoms with Gasteiger partial charge in [0.05, 0.1) is 20.7 Å². The summed E-state index contributed by atoms with van der Waals surface area (Å²) in [7, 11) is -3.74. The van der Waals surface area contributed by atoms with E-state index >= 15 is 0 Å². The first-order valence-electron chi connectivity index (χ1n) is 4.50. The summed E-state index contributed by atoms with van der Waals surface area (Å²) in [5.41, 5.74) is 5.42. The van der Waals surface area contributed by atoms with Gasteiger partial charge < -0.3 is 5.73 Å². The average Bonchev–Trinajstić information content (AvgIpc) is 2.22. The van der Waals surface area contributed by atoms with Crippen molar-refractivity contribution in [3.05, 3.63) is 28.2 Å². The van der Waals surface area contributed by atoms with Gasteiger partial charge in [-0.1, -0.05) is 41.5 Å². The lowest BCUT2D eigenvalue weighted by molar-refractivity contribution is 0.598. The van der Waals surface area contributed by atoms with Crippen molar-refractivity contribution in [1.29, 1.82) is 0 Å². The number of para-hydroxylation sites is 1. The summed E-state index contributed by atoms with van der Waals surface area (Å²) in [5.74, 6) is 0. The van der Waals surface area contributed by atoms with Crippen LogP contribution in [0.2, 0.25) is 10.0 Å². The first kappa shape index (κ1) is 14.5. The summed E-state index contributed by atoms with van der Waals surface area (Å²) >= 11 is 16.3. The van der Waals surface area contributed by atoms with E-state index < -0.39 is 15.3 Å². The molecule has 1 rings (SSSR count). The number of anilines is 1. The maximum atomic E-state index is 11.8. The molecule has 3 N–H and O–H groups in total. The van der Waals surface area contributed by atoms with Crippen LogP contribution >= 0.6 is 35.4 Å². The molecule has 0 heterocycles. The number of nitrogens with two attached hydrogens (primary N) is 1. The Hall–Kier alpha value is -0.560. The van der Waals surface area contributed by atoms with Crippen molar-refractivity contribution in [2.45, 2.75) is 12.2 Å². The van der Waals surface area contributed by atoms with Crippen LogP contribution in [0.4, 0.5) is 5.69 Å². The van der Waals surface area contributed by atoms with Crippen molar-refractivity contribution in [2.75, 3.05) is 4.72 Å². The van der Waals surface area contributed by atoms with Crippen LogP contribution in [0.25, 0.3) is 0 Å². The molecule has 0 bridgehead atoms. The van der Waals surface area contributed by atoms with E-state index in [1.807, 2.05) is 0 Å². The second-order valence-electron chi connectivity index (χ2n) is 3.29. The number of thiocarbonyl (C=S) groups is 1. The van der Waals surface area contributed by atoms with E-state index in [0.717, 1.165) is 0 Å². The third kappa shape index (κ3) is 3.45. The van der Waals surface area contributed by atoms with E-state index in [-0.39, 0.29) is 20.7 Å². The second kappa shape index (κ2) is 5.39. The van der Waals surface area contributed by atoms with Gasteiger partial charge in [0.1, 0.15) is 5.25 Å². The Labute approximate surface area is 115 Å². The van der Waals surface area contributed by atoms with Gasteiger partial charge in [0.2, 0.25) is 10.0 Å². The topological polar surface area (TPSA) is 72.2 Å². The summed E-state index contributed by atoms with van der Waals surface area (Å²) < 4.78 is 26.0. The molecule has 1 aromatic carbocycles. The van der Waals surface area contributed by atoms with E-state index in [1.165, 1.54) is 19.1 Å². The van der Waals surface area contributed by atoms with Gasteiger partial charge in [0.25, 0.3) is 0 Å². The van der Waals surface area contributed by atoms with Gasteiger partial charge in [-0.05, 0) is 19.1 Å². The fourth-order valence-electron chi connectivity index (χ4n) is 0.979. The highest BCUT2D eigenvalue weighted by Crippen LogP contribution is 2.31. The van der Waals surface area contributed by atoms with Crippen molar-refractivity contribution < 1.29 is 8.42 Å². The molecule has 0 amide bonds. The van der Waals surface area contributed by atoms with Crippen molar-refractivity contribution in [3.8, 4) is 0 Å². The zero-order valence-electron chi connectivity index (χ0n) is 8.78. The van der Waals surface area contributed by atoms with Gasteiger partial charge in [-0.15, -0.1) is 0 Å². The molecule has 1 aromatic rings. The Morgan fingerprint density at radius 1 is 1.41 bits per heavy atom. The van der Waals surface area contributed by atoms with Crippen LogP contribution in [0.3, 0.4) is 0 Å². The summed E-state index contributed by atoms with van der Waals surface area (Å²) in [6.45, 7) is 1.38. The lowest BCUT2D eigenvalue weighted by Gasteiger charge is -2.15. The number of hydrogen-bond donors (Lipinski definition) is 2. The fraction of sp³-hybridized carbons (Fsp3) is 0.222. The van der Waals surface area contributed by atoms with Crippen LogP contribution in [0.5, 0.6) is 0 Å². The van der Waals surface area contributed by atoms with Gasteiger partial charge in [-0.2, -0.15) is 0 Å². The molecule has 0 aliphatic heterocycles. The van der Waals surface area contributed by atoms with Crippen LogP contribution < -0.4 is 10.5 Å². The minimum Gasteiger partial charge on any atom is -0.392 e. The predicted molar refractivity (Wildman–Crippen MR) is 75.3 cm³/mol. The Kier molecular flexibility index (Phi) is 4.60. The minimum atomic E-state index is -3.74. The van der Waals surface area contributed by atoms with E-state index in [4.69, 9.17) is 28.9 Å². The average molecular weight is 313 g/mol. The first-order valence-corrected chi connectivity index (χ1v) is 7.21. The Morgan fingerprint density at radius 2 is 1.88 bits per heavy atom. The molecule has 94 valence electrons. The number of hydrogen-bond acceptors (Lipinski definition) is 3. The van der Waals surface area contributed by atoms with Crippen LogP contribution in [0.15, 0.2) is 18.2 Å². The minimum absolute atomic E-state index is 0.124. The number of halogens is 2. The normalized spacial score (nSPS) is 13.1. The standard InChI is InChI=1S/C9H10Cl2N2O2S2/c1-5(9(12)16)17(14,15)13-8-6(10)3-2-4-7(8)11/h2-5,13H,1H3,(H2,12,16). The van der Waals surface area contributed by atoms with E-state index in [0.29, 0.717) is 0 Å². The van der Waals surface area contributed by atoms with Gasteiger partial charge in [-0.25, -0.2) is 8.42 Å². The van der Waals surface area contributed by atoms with Crippen LogP contribution in [0, 0.1) is 0 Å². The van der Waals surface area contributed by atoms with Gasteiger partial charge >= 0.3 is 0 Å². The largest absolute Gasteiger partial charge is 0.392 e. The number of sulfonamides is 1. The first-order chi connectivity index (χ1) is 7.75. The lowest BCUT2D eigenvalue weighted by atomic mass is 10.3. The molecule has 0 spiro atoms. The summed E-state index contributed by atoms with van der Waals surface area (Å²) in [5, 5.41) is -0.600. The molecule has 1 unspecified atom stereocenters. The van der Waals surface area contributed by atoms with Crippen molar-refractivity contribution in [2.24, 2.45) is 5.73 Å². The summed E-state index contributed by atoms with van der Waals surface area (Å²) in [6.07, 6.45) is 0. The summed E-state index contributed by atoms with van der Waals surface area (Å²) in [4.78, 5) is -0.124. The van der Waals surface area contributed by atoms with Crippen LogP contribution in [-0.2, 0) is 10.0 Å². The molecule has 0 saturated heterocycles. The monoisotopic (exact) mass is 312 g/mol. The fourth-order valence-corrected chi connectivity index (χ4v) is 2.95. The van der Waals surface area contributed by atoms with Crippen molar-refractivity contribution in [1.82, 2.24) is 0 Å². The van der Waals surface area contributed by atoms with E-state index in [2.05, 4.69) is 16.9 Å². The van der Waals surface area contributed by atoms with Crippen molar-refractivity contribution >= 4 is 56.1 Å². The molecule has 0 radical (unpaired) electrons. The van der Waals surface area contributed by atoms with Gasteiger partial charge in [0.15, 0.2) is 0 Å². The Morgan fingerprint density at radius 3 is 2.29 bits per heavy atom. The van der Waals surface area contributed by atoms with Gasteiger partial charge in [0, 0.05) is 0 Å². The zero-order valence-corrected chi connectivity index (χ0v) is 11.9. The highest BCUT2D eigenvalue weighted by atomic mass is 35.5. The van der Waals surface area contributed by atoms with Crippen LogP contribution in [-0.4, -0.2) is 18.7 Å². The molecular weight excluding hydrogens is 303 g/mol. The third-order valence-electron chi connectivity index (χ3n) is 2.07. The summed E-state index contributed by atoms with van der Waals surface area (Å²) in [6, 6.07) is 4.66. The molecule has 0 aliphatic rings. The number of benzene rings is 1. The lowest BCUT2D eigenvalue weighted by Crippen LogP contribution is -2.35. The molecule has 0 aromatic heterocycles. The zero-order chi connectivity index (χ0) is 13.2. The van der Waals surface area contributed by atoms with E-state index in [1.54, 1.807) is 6.07 Å². The molecule has 0 fully saturated rings. The second-order valence-corrected chi connectivity index (χ2v) is 6.58. The number of rotatable bonds is 4. The maximum absolute atomic E-state index is 11.8. The van der Waals surface area contributed by atoms with Gasteiger partial charge in [-0.3, -0.25) is 4.72 Å². The molecule has 17 heavy (non-hydrogen) atoms. The van der Waals surface area contributed by atoms with E-state index in [9.17, 15) is 8.42 Å². The highest BCUT2D eigenvalue weighted by molar-refractivity contribution is 7.95. The number of nitrogens with one attached hydrogen (secondary N) is 1. The quantitative estimate of drug-likeness (QED) is 0.837. The highest BCUT2D eigenvalue weighted by Gasteiger charge is 2.24. The Bertz CT molecular complexity index is 526. The predicted octanol–water partition coefficient (Wildman–Crippen LogP) is 2.41. The molecule has 1 atom stereocenters. The molecule has 4 nitrogen and oxygen atoms in total. The third-order valence-corrected chi connectivity index (χ3v) is 4.88. The molecule has 8 heteroatoms. The van der Waals surface area contributed by atoms with Crippen molar-refractivity contribution in [3.63, 3.8) is 0 Å². The SMILES string of the molecule is CC(C(N)=S)S(=O)(=O)Nc1c(Cl)cccc1Cl. The van der Waals surface area contributed by atoms with Crippen LogP contribution in [0.1, 0.15) is 6.92 Å². The maximum Gasteiger partial charge on any atom is 0.241 e. The molecule has 0 aliphatic carbocycles. The molecular formula is C9H10Cl2N2O2S2. The molecule has 0 saturated carbocycles. The smallest absolute Gasteiger partial charge is 0.241 e. The Balaban J connectivity index is 3.11.